The van der Waals surface area contributed by atoms with Gasteiger partial charge in [-0.1, -0.05) is 18.3 Å². The van der Waals surface area contributed by atoms with Crippen molar-refractivity contribution in [3.63, 3.8) is 0 Å². The van der Waals surface area contributed by atoms with Crippen LogP contribution in [0, 0.1) is 0 Å². The van der Waals surface area contributed by atoms with Crippen LogP contribution in [0.2, 0.25) is 0 Å². The molecule has 2 heterocycles. The zero-order valence-electron chi connectivity index (χ0n) is 7.74. The van der Waals surface area contributed by atoms with Crippen LogP contribution in [0.4, 0.5) is 0 Å². The van der Waals surface area contributed by atoms with Gasteiger partial charge in [-0.2, -0.15) is 0 Å². The van der Waals surface area contributed by atoms with E-state index in [4.69, 9.17) is 5.14 Å². The van der Waals surface area contributed by atoms with Gasteiger partial charge in [-0.3, -0.25) is 0 Å². The minimum atomic E-state index is -3.71. The highest BCUT2D eigenvalue weighted by Crippen LogP contribution is 2.17. The highest BCUT2D eigenvalue weighted by molar-refractivity contribution is 8.93. The summed E-state index contributed by atoms with van der Waals surface area (Å²) in [6.45, 7) is 1.97. The Labute approximate surface area is 101 Å². The lowest BCUT2D eigenvalue weighted by atomic mass is 10.4. The second-order valence-corrected chi connectivity index (χ2v) is 5.42. The molecule has 0 aromatic carbocycles. The van der Waals surface area contributed by atoms with E-state index in [1.807, 2.05) is 6.92 Å². The molecule has 0 saturated carbocycles. The first-order valence-corrected chi connectivity index (χ1v) is 6.25. The van der Waals surface area contributed by atoms with Crippen molar-refractivity contribution in [2.24, 2.45) is 5.14 Å². The average Bonchev–Trinajstić information content (AvgIpc) is 2.56. The van der Waals surface area contributed by atoms with Gasteiger partial charge in [0.15, 0.2) is 0 Å². The molecule has 15 heavy (non-hydrogen) atoms. The number of hydrogen-bond acceptors (Lipinski definition) is 5. The summed E-state index contributed by atoms with van der Waals surface area (Å²) in [5, 5.41) is 8.74. The molecule has 84 valence electrons. The monoisotopic (exact) mass is 312 g/mol. The van der Waals surface area contributed by atoms with Gasteiger partial charge in [-0.25, -0.2) is 23.1 Å². The summed E-state index contributed by atoms with van der Waals surface area (Å²) in [6, 6.07) is 0. The Morgan fingerprint density at radius 3 is 2.73 bits per heavy atom. The van der Waals surface area contributed by atoms with E-state index >= 15 is 0 Å². The molecule has 0 fully saturated rings. The van der Waals surface area contributed by atoms with Crippen molar-refractivity contribution in [3.8, 4) is 0 Å². The fraction of sp³-hybridized carbons (Fsp3) is 0.333. The third-order valence-electron chi connectivity index (χ3n) is 1.68. The number of primary sulfonamides is 1. The molecule has 0 radical (unpaired) electrons. The van der Waals surface area contributed by atoms with E-state index in [1.165, 1.54) is 4.52 Å². The van der Waals surface area contributed by atoms with Crippen LogP contribution in [-0.4, -0.2) is 23.0 Å². The second kappa shape index (κ2) is 4.16. The zero-order chi connectivity index (χ0) is 10.3. The molecule has 0 spiro atoms. The highest BCUT2D eigenvalue weighted by Gasteiger charge is 2.16. The molecular formula is C6H9BrN4O2S2. The van der Waals surface area contributed by atoms with Crippen LogP contribution in [0.25, 0.3) is 4.96 Å². The maximum absolute atomic E-state index is 10.9. The Bertz CT molecular complexity index is 541. The van der Waals surface area contributed by atoms with Gasteiger partial charge in [0.05, 0.1) is 11.9 Å². The summed E-state index contributed by atoms with van der Waals surface area (Å²) in [5.41, 5.74) is 0.879. The van der Waals surface area contributed by atoms with Crippen molar-refractivity contribution in [2.75, 3.05) is 0 Å². The Morgan fingerprint density at radius 2 is 2.27 bits per heavy atom. The van der Waals surface area contributed by atoms with Crippen molar-refractivity contribution in [1.82, 2.24) is 14.6 Å². The van der Waals surface area contributed by atoms with Crippen LogP contribution in [-0.2, 0) is 16.4 Å². The van der Waals surface area contributed by atoms with Crippen molar-refractivity contribution in [2.45, 2.75) is 17.7 Å². The molecule has 0 bridgehead atoms. The third kappa shape index (κ3) is 2.36. The minimum absolute atomic E-state index is 0. The topological polar surface area (TPSA) is 90.4 Å². The zero-order valence-corrected chi connectivity index (χ0v) is 11.1. The lowest BCUT2D eigenvalue weighted by molar-refractivity contribution is 0.595. The summed E-state index contributed by atoms with van der Waals surface area (Å²) in [7, 11) is -3.71. The van der Waals surface area contributed by atoms with E-state index in [0.717, 1.165) is 23.5 Å². The van der Waals surface area contributed by atoms with Gasteiger partial charge in [0, 0.05) is 0 Å². The number of halogens is 1. The van der Waals surface area contributed by atoms with E-state index in [0.29, 0.717) is 4.96 Å². The number of aryl methyl sites for hydroxylation is 1. The van der Waals surface area contributed by atoms with E-state index in [-0.39, 0.29) is 21.3 Å². The quantitative estimate of drug-likeness (QED) is 0.878. The van der Waals surface area contributed by atoms with Crippen molar-refractivity contribution >= 4 is 43.3 Å². The largest absolute Gasteiger partial charge is 0.267 e. The Balaban J connectivity index is 0.00000112. The molecule has 0 aliphatic rings. The molecule has 2 aromatic rings. The van der Waals surface area contributed by atoms with E-state index in [9.17, 15) is 8.42 Å². The molecule has 0 unspecified atom stereocenters. The third-order valence-corrected chi connectivity index (χ3v) is 3.91. The van der Waals surface area contributed by atoms with E-state index in [2.05, 4.69) is 10.1 Å². The number of rotatable bonds is 2. The normalized spacial score (nSPS) is 11.6. The Morgan fingerprint density at radius 1 is 1.60 bits per heavy atom. The van der Waals surface area contributed by atoms with Crippen LogP contribution >= 0.6 is 28.3 Å². The summed E-state index contributed by atoms with van der Waals surface area (Å²) in [4.78, 5) is 4.71. The van der Waals surface area contributed by atoms with Gasteiger partial charge in [0.2, 0.25) is 9.30 Å². The maximum atomic E-state index is 10.9. The van der Waals surface area contributed by atoms with Crippen LogP contribution in [0.15, 0.2) is 10.5 Å². The number of fused-ring (bicyclic) bond motifs is 1. The van der Waals surface area contributed by atoms with Crippen LogP contribution < -0.4 is 5.14 Å². The fourth-order valence-electron chi connectivity index (χ4n) is 1.01. The van der Waals surface area contributed by atoms with Gasteiger partial charge < -0.3 is 0 Å². The fourth-order valence-corrected chi connectivity index (χ4v) is 2.54. The minimum Gasteiger partial charge on any atom is -0.223 e. The molecular weight excluding hydrogens is 304 g/mol. The molecule has 6 nitrogen and oxygen atoms in total. The van der Waals surface area contributed by atoms with Crippen LogP contribution in [0.5, 0.6) is 0 Å². The Kier molecular flexibility index (Phi) is 3.48. The standard InChI is InChI=1S/C6H8N4O2S2.BrH/c1-2-4-3-10-5(8-4)13-6(9-10)14(7,11)12;/h3H,2H2,1H3,(H2,7,11,12);1H. The lowest BCUT2D eigenvalue weighted by Gasteiger charge is -1.86. The number of hydrogen-bond donors (Lipinski definition) is 1. The smallest absolute Gasteiger partial charge is 0.223 e. The molecule has 2 aromatic heterocycles. The molecule has 0 atom stereocenters. The first-order valence-electron chi connectivity index (χ1n) is 3.88. The number of nitrogens with two attached hydrogens (primary N) is 1. The predicted octanol–water partition coefficient (Wildman–Crippen LogP) is 0.579. The first-order chi connectivity index (χ1) is 6.50. The van der Waals surface area contributed by atoms with Gasteiger partial charge in [-0.15, -0.1) is 22.1 Å². The summed E-state index contributed by atoms with van der Waals surface area (Å²) < 4.78 is 23.2. The van der Waals surface area contributed by atoms with Gasteiger partial charge >= 0.3 is 0 Å². The van der Waals surface area contributed by atoms with Gasteiger partial charge in [0.25, 0.3) is 10.0 Å². The molecule has 0 aliphatic carbocycles. The highest BCUT2D eigenvalue weighted by atomic mass is 79.9. The maximum Gasteiger partial charge on any atom is 0.267 e. The van der Waals surface area contributed by atoms with Crippen molar-refractivity contribution < 1.29 is 8.42 Å². The molecule has 0 amide bonds. The molecule has 2 rings (SSSR count). The van der Waals surface area contributed by atoms with E-state index in [1.54, 1.807) is 6.20 Å². The molecule has 9 heteroatoms. The first kappa shape index (κ1) is 12.6. The van der Waals surface area contributed by atoms with E-state index < -0.39 is 10.0 Å². The number of aromatic nitrogens is 3. The molecule has 0 saturated heterocycles. The SMILES string of the molecule is Br.CCc1cn2nc(S(N)(=O)=O)sc2n1. The van der Waals surface area contributed by atoms with Crippen molar-refractivity contribution in [1.29, 1.82) is 0 Å². The predicted molar refractivity (Wildman–Crippen MR) is 61.9 cm³/mol. The number of nitrogens with zero attached hydrogens (tertiary/aromatic N) is 3. The lowest BCUT2D eigenvalue weighted by Crippen LogP contribution is -2.12. The van der Waals surface area contributed by atoms with Crippen molar-refractivity contribution in [3.05, 3.63) is 11.9 Å². The average molecular weight is 313 g/mol. The van der Waals surface area contributed by atoms with Gasteiger partial charge in [-0.05, 0) is 6.42 Å². The van der Waals surface area contributed by atoms with Gasteiger partial charge in [0.1, 0.15) is 0 Å². The van der Waals surface area contributed by atoms with Crippen LogP contribution in [0.3, 0.4) is 0 Å². The number of imidazole rings is 1. The molecule has 2 N–H and O–H groups in total. The number of sulfonamides is 1. The summed E-state index contributed by atoms with van der Waals surface area (Å²) in [5.74, 6) is 0. The molecule has 0 aliphatic heterocycles. The second-order valence-electron chi connectivity index (χ2n) is 2.73. The summed E-state index contributed by atoms with van der Waals surface area (Å²) >= 11 is 0.968. The Hall–Kier alpha value is -0.510. The van der Waals surface area contributed by atoms with Crippen LogP contribution in [0.1, 0.15) is 12.6 Å². The summed E-state index contributed by atoms with van der Waals surface area (Å²) in [6.07, 6.45) is 2.49.